The molecular formula is C17H23FN2O2. The highest BCUT2D eigenvalue weighted by atomic mass is 19.1. The smallest absolute Gasteiger partial charge is 0.230 e. The minimum Gasteiger partial charge on any atom is -0.489 e. The van der Waals surface area contributed by atoms with E-state index < -0.39 is 5.41 Å². The summed E-state index contributed by atoms with van der Waals surface area (Å²) in [7, 11) is 1.68. The van der Waals surface area contributed by atoms with Crippen LogP contribution in [0.4, 0.5) is 4.39 Å². The van der Waals surface area contributed by atoms with Crippen LogP contribution in [-0.4, -0.2) is 26.1 Å². The number of hydrogen-bond donors (Lipinski definition) is 2. The van der Waals surface area contributed by atoms with Crippen LogP contribution in [0, 0.1) is 0 Å². The van der Waals surface area contributed by atoms with Gasteiger partial charge in [0.2, 0.25) is 5.91 Å². The molecule has 5 heteroatoms. The Balaban J connectivity index is 2.12. The van der Waals surface area contributed by atoms with E-state index in [-0.39, 0.29) is 19.1 Å². The SMILES string of the molecule is CNC(=O)C1(c2ccc(OCC(=CF)CN)cc2)CCCC1. The van der Waals surface area contributed by atoms with Crippen LogP contribution in [-0.2, 0) is 10.2 Å². The number of halogens is 1. The van der Waals surface area contributed by atoms with Gasteiger partial charge in [-0.1, -0.05) is 25.0 Å². The Kier molecular flexibility index (Phi) is 5.55. The van der Waals surface area contributed by atoms with Crippen LogP contribution in [0.1, 0.15) is 31.2 Å². The van der Waals surface area contributed by atoms with Gasteiger partial charge in [0.25, 0.3) is 0 Å². The number of nitrogens with one attached hydrogen (secondary N) is 1. The van der Waals surface area contributed by atoms with E-state index in [9.17, 15) is 9.18 Å². The summed E-state index contributed by atoms with van der Waals surface area (Å²) in [5, 5.41) is 2.78. The first-order valence-electron chi connectivity index (χ1n) is 7.60. The van der Waals surface area contributed by atoms with Crippen molar-refractivity contribution in [3.8, 4) is 5.75 Å². The number of amides is 1. The first kappa shape index (κ1) is 16.5. The van der Waals surface area contributed by atoms with Crippen LogP contribution in [0.3, 0.4) is 0 Å². The summed E-state index contributed by atoms with van der Waals surface area (Å²) in [5.74, 6) is 0.714. The maximum Gasteiger partial charge on any atom is 0.230 e. The highest BCUT2D eigenvalue weighted by Gasteiger charge is 2.41. The van der Waals surface area contributed by atoms with Gasteiger partial charge in [0.1, 0.15) is 12.4 Å². The van der Waals surface area contributed by atoms with Crippen molar-refractivity contribution < 1.29 is 13.9 Å². The number of hydrogen-bond acceptors (Lipinski definition) is 3. The fourth-order valence-corrected chi connectivity index (χ4v) is 3.05. The lowest BCUT2D eigenvalue weighted by molar-refractivity contribution is -0.126. The molecule has 22 heavy (non-hydrogen) atoms. The van der Waals surface area contributed by atoms with Crippen LogP contribution in [0.15, 0.2) is 36.2 Å². The van der Waals surface area contributed by atoms with Crippen LogP contribution in [0.25, 0.3) is 0 Å². The predicted octanol–water partition coefficient (Wildman–Crippen LogP) is 2.44. The van der Waals surface area contributed by atoms with Crippen LogP contribution >= 0.6 is 0 Å². The molecule has 0 aromatic heterocycles. The lowest BCUT2D eigenvalue weighted by atomic mass is 9.78. The van der Waals surface area contributed by atoms with E-state index in [2.05, 4.69) is 5.32 Å². The molecule has 1 fully saturated rings. The minimum atomic E-state index is -0.422. The summed E-state index contributed by atoms with van der Waals surface area (Å²) in [6.45, 7) is 0.265. The lowest BCUT2D eigenvalue weighted by Gasteiger charge is -2.27. The Hall–Kier alpha value is -1.88. The Bertz CT molecular complexity index is 534. The summed E-state index contributed by atoms with van der Waals surface area (Å²) >= 11 is 0. The van der Waals surface area contributed by atoms with Gasteiger partial charge in [0.15, 0.2) is 0 Å². The van der Waals surface area contributed by atoms with Gasteiger partial charge >= 0.3 is 0 Å². The van der Waals surface area contributed by atoms with Gasteiger partial charge in [-0.2, -0.15) is 0 Å². The third-order valence-corrected chi connectivity index (χ3v) is 4.37. The first-order valence-corrected chi connectivity index (χ1v) is 7.60. The quantitative estimate of drug-likeness (QED) is 0.848. The second-order valence-electron chi connectivity index (χ2n) is 5.65. The average molecular weight is 306 g/mol. The number of likely N-dealkylation sites (N-methyl/N-ethyl adjacent to an activating group) is 1. The minimum absolute atomic E-state index is 0.0736. The molecule has 1 aromatic rings. The molecule has 1 aliphatic carbocycles. The van der Waals surface area contributed by atoms with Crippen molar-refractivity contribution in [2.24, 2.45) is 5.73 Å². The predicted molar refractivity (Wildman–Crippen MR) is 84.4 cm³/mol. The summed E-state index contributed by atoms with van der Waals surface area (Å²) in [5.41, 5.74) is 6.38. The lowest BCUT2D eigenvalue weighted by Crippen LogP contribution is -2.40. The standard InChI is InChI=1S/C17H23FN2O2/c1-20-16(21)17(8-2-3-9-17)14-4-6-15(7-5-14)22-12-13(10-18)11-19/h4-7,10H,2-3,8-9,11-12,19H2,1H3,(H,20,21). The number of benzene rings is 1. The largest absolute Gasteiger partial charge is 0.489 e. The van der Waals surface area contributed by atoms with E-state index >= 15 is 0 Å². The molecule has 2 rings (SSSR count). The van der Waals surface area contributed by atoms with E-state index in [1.165, 1.54) is 0 Å². The van der Waals surface area contributed by atoms with Crippen molar-refractivity contribution in [2.75, 3.05) is 20.2 Å². The van der Waals surface area contributed by atoms with Gasteiger partial charge in [-0.3, -0.25) is 4.79 Å². The van der Waals surface area contributed by atoms with E-state index in [4.69, 9.17) is 10.5 Å². The molecule has 1 aliphatic rings. The molecule has 0 atom stereocenters. The Morgan fingerprint density at radius 3 is 2.50 bits per heavy atom. The van der Waals surface area contributed by atoms with Gasteiger partial charge in [0, 0.05) is 19.2 Å². The number of ether oxygens (including phenoxy) is 1. The monoisotopic (exact) mass is 306 g/mol. The second-order valence-corrected chi connectivity index (χ2v) is 5.65. The summed E-state index contributed by atoms with van der Waals surface area (Å²) in [6.07, 6.45) is 4.34. The molecule has 0 saturated heterocycles. The molecule has 4 nitrogen and oxygen atoms in total. The summed E-state index contributed by atoms with van der Waals surface area (Å²) in [6, 6.07) is 7.50. The topological polar surface area (TPSA) is 64.3 Å². The summed E-state index contributed by atoms with van der Waals surface area (Å²) in [4.78, 5) is 12.3. The first-order chi connectivity index (χ1) is 10.7. The third kappa shape index (κ3) is 3.30. The van der Waals surface area contributed by atoms with Crippen molar-refractivity contribution >= 4 is 5.91 Å². The zero-order valence-electron chi connectivity index (χ0n) is 12.9. The van der Waals surface area contributed by atoms with E-state index in [0.717, 1.165) is 31.2 Å². The van der Waals surface area contributed by atoms with Crippen molar-refractivity contribution in [1.82, 2.24) is 5.32 Å². The molecule has 1 aromatic carbocycles. The van der Waals surface area contributed by atoms with Crippen molar-refractivity contribution in [2.45, 2.75) is 31.1 Å². The Labute approximate surface area is 130 Å². The fraction of sp³-hybridized carbons (Fsp3) is 0.471. The Morgan fingerprint density at radius 2 is 2.00 bits per heavy atom. The van der Waals surface area contributed by atoms with Crippen LogP contribution in [0.2, 0.25) is 0 Å². The maximum absolute atomic E-state index is 12.4. The molecule has 0 aliphatic heterocycles. The number of nitrogens with two attached hydrogens (primary N) is 1. The molecule has 120 valence electrons. The van der Waals surface area contributed by atoms with Gasteiger partial charge in [0.05, 0.1) is 11.7 Å². The van der Waals surface area contributed by atoms with Crippen molar-refractivity contribution in [1.29, 1.82) is 0 Å². The highest BCUT2D eigenvalue weighted by Crippen LogP contribution is 2.41. The molecule has 0 spiro atoms. The number of carbonyl (C=O) groups is 1. The van der Waals surface area contributed by atoms with Gasteiger partial charge in [-0.05, 0) is 30.5 Å². The molecule has 1 saturated carbocycles. The van der Waals surface area contributed by atoms with E-state index in [0.29, 0.717) is 17.7 Å². The molecule has 0 unspecified atom stereocenters. The zero-order chi connectivity index (χ0) is 16.0. The van der Waals surface area contributed by atoms with E-state index in [1.54, 1.807) is 7.05 Å². The van der Waals surface area contributed by atoms with Crippen molar-refractivity contribution in [3.63, 3.8) is 0 Å². The maximum atomic E-state index is 12.4. The van der Waals surface area contributed by atoms with Crippen LogP contribution < -0.4 is 15.8 Å². The normalized spacial score (nSPS) is 17.3. The van der Waals surface area contributed by atoms with E-state index in [1.807, 2.05) is 24.3 Å². The molecular weight excluding hydrogens is 283 g/mol. The molecule has 0 radical (unpaired) electrons. The molecule has 0 heterocycles. The highest BCUT2D eigenvalue weighted by molar-refractivity contribution is 5.88. The second kappa shape index (κ2) is 7.40. The van der Waals surface area contributed by atoms with Crippen LogP contribution in [0.5, 0.6) is 5.75 Å². The molecule has 0 bridgehead atoms. The number of carbonyl (C=O) groups excluding carboxylic acids is 1. The Morgan fingerprint density at radius 1 is 1.36 bits per heavy atom. The van der Waals surface area contributed by atoms with Crippen molar-refractivity contribution in [3.05, 3.63) is 41.7 Å². The summed E-state index contributed by atoms with van der Waals surface area (Å²) < 4.78 is 17.9. The van der Waals surface area contributed by atoms with Gasteiger partial charge in [-0.25, -0.2) is 4.39 Å². The average Bonchev–Trinajstić information content (AvgIpc) is 3.06. The van der Waals surface area contributed by atoms with Gasteiger partial charge < -0.3 is 15.8 Å². The molecule has 1 amide bonds. The number of rotatable bonds is 6. The third-order valence-electron chi connectivity index (χ3n) is 4.37. The zero-order valence-corrected chi connectivity index (χ0v) is 12.9. The molecule has 3 N–H and O–H groups in total. The van der Waals surface area contributed by atoms with Gasteiger partial charge in [-0.15, -0.1) is 0 Å². The fourth-order valence-electron chi connectivity index (χ4n) is 3.05.